The van der Waals surface area contributed by atoms with Crippen LogP contribution in [0.3, 0.4) is 0 Å². The minimum absolute atomic E-state index is 1.31. The van der Waals surface area contributed by atoms with Gasteiger partial charge >= 0.3 is 0 Å². The average molecular weight is 145 g/mol. The summed E-state index contributed by atoms with van der Waals surface area (Å²) in [4.78, 5) is 0. The molecule has 0 aliphatic carbocycles. The molecule has 0 saturated carbocycles. The lowest BCUT2D eigenvalue weighted by molar-refractivity contribution is 0.604. The summed E-state index contributed by atoms with van der Waals surface area (Å²) in [5.74, 6) is 0. The fraction of sp³-hybridized carbons (Fsp3) is 1.00. The van der Waals surface area contributed by atoms with Crippen LogP contribution in [0.4, 0.5) is 0 Å². The summed E-state index contributed by atoms with van der Waals surface area (Å²) in [7, 11) is 0. The molecule has 4 heteroatoms. The highest BCUT2D eigenvalue weighted by Gasteiger charge is 1.76. The lowest BCUT2D eigenvalue weighted by Gasteiger charge is -1.73. The summed E-state index contributed by atoms with van der Waals surface area (Å²) in [6.45, 7) is 4.00. The van der Waals surface area contributed by atoms with Gasteiger partial charge in [0.15, 0.2) is 11.1 Å². The van der Waals surface area contributed by atoms with E-state index in [2.05, 4.69) is 15.6 Å². The fourth-order valence-corrected chi connectivity index (χ4v) is 0. The number of rotatable bonds is 1. The summed E-state index contributed by atoms with van der Waals surface area (Å²) in [6.07, 6.45) is 1.34. The Morgan fingerprint density at radius 3 is 1.71 bits per heavy atom. The van der Waals surface area contributed by atoms with Crippen LogP contribution in [0.1, 0.15) is 13.8 Å². The van der Waals surface area contributed by atoms with Gasteiger partial charge in [0.2, 0.25) is 0 Å². The van der Waals surface area contributed by atoms with E-state index in [-0.39, 0.29) is 0 Å². The van der Waals surface area contributed by atoms with Crippen molar-refractivity contribution in [2.45, 2.75) is 13.8 Å². The van der Waals surface area contributed by atoms with E-state index in [1.807, 2.05) is 13.8 Å². The minimum Gasteiger partial charge on any atom is -0.229 e. The first-order valence-electron chi connectivity index (χ1n) is 1.90. The van der Waals surface area contributed by atoms with Crippen LogP contribution in [-0.4, -0.2) is 10.5 Å². The summed E-state index contributed by atoms with van der Waals surface area (Å²) < 4.78 is 13.3. The first kappa shape index (κ1) is 10.4. The lowest BCUT2D eigenvalue weighted by atomic mass is 11.0. The quantitative estimate of drug-likeness (QED) is 0.557. The van der Waals surface area contributed by atoms with Crippen molar-refractivity contribution in [3.05, 3.63) is 0 Å². The molecule has 0 radical (unpaired) electrons. The van der Waals surface area contributed by atoms with Crippen LogP contribution in [0.5, 0.6) is 0 Å². The third-order valence-corrected chi connectivity index (χ3v) is 0.798. The third kappa shape index (κ3) is 21.5. The molecule has 0 rings (SSSR count). The van der Waals surface area contributed by atoms with Gasteiger partial charge in [0, 0.05) is 6.26 Å². The van der Waals surface area contributed by atoms with Crippen LogP contribution in [0.2, 0.25) is 0 Å². The Kier molecular flexibility index (Phi) is 14.3. The zero-order valence-electron chi connectivity index (χ0n) is 4.60. The van der Waals surface area contributed by atoms with E-state index >= 15 is 0 Å². The normalized spacial score (nSPS) is 11.4. The van der Waals surface area contributed by atoms with Gasteiger partial charge in [0.25, 0.3) is 0 Å². The van der Waals surface area contributed by atoms with Crippen LogP contribution in [0.15, 0.2) is 0 Å². The van der Waals surface area contributed by atoms with E-state index in [4.69, 9.17) is 0 Å². The van der Waals surface area contributed by atoms with Gasteiger partial charge in [-0.1, -0.05) is 13.8 Å². The molecule has 0 N–H and O–H groups in total. The molecule has 0 aromatic heterocycles. The second kappa shape index (κ2) is 9.64. The van der Waals surface area contributed by atoms with Crippen LogP contribution < -0.4 is 0 Å². The molecule has 1 unspecified atom stereocenters. The third-order valence-electron chi connectivity index (χ3n) is 0.0887. The van der Waals surface area contributed by atoms with Crippen molar-refractivity contribution in [1.29, 1.82) is 0 Å². The topological polar surface area (TPSA) is 26.3 Å². The lowest BCUT2D eigenvalue weighted by Crippen LogP contribution is -1.77. The molecule has 0 bridgehead atoms. The Labute approximate surface area is 51.6 Å². The van der Waals surface area contributed by atoms with Gasteiger partial charge in [0.05, 0.1) is 11.9 Å². The standard InChI is InChI=1S/C2H6.CH3ClO2S/c1-2;1-5(3)4-2/h1-2H3;1H3. The van der Waals surface area contributed by atoms with Gasteiger partial charge < -0.3 is 0 Å². The molecule has 0 amide bonds. The van der Waals surface area contributed by atoms with Gasteiger partial charge in [-0.3, -0.25) is 0 Å². The van der Waals surface area contributed by atoms with Crippen LogP contribution in [0, 0.1) is 0 Å². The average Bonchev–Trinajstić information content (AvgIpc) is 1.73. The summed E-state index contributed by atoms with van der Waals surface area (Å²) >= 11 is 3.23. The first-order chi connectivity index (χ1) is 3.27. The minimum atomic E-state index is -1.31. The highest BCUT2D eigenvalue weighted by Crippen LogP contribution is 1.79. The predicted molar refractivity (Wildman–Crippen MR) is 32.4 cm³/mol. The molecule has 0 spiro atoms. The Balaban J connectivity index is 0. The van der Waals surface area contributed by atoms with E-state index in [1.54, 1.807) is 0 Å². The molecule has 0 saturated heterocycles. The predicted octanol–water partition coefficient (Wildman–Crippen LogP) is 1.48. The molecule has 0 aliphatic heterocycles. The SMILES string of the molecule is CC.CS(=O)OCl. The monoisotopic (exact) mass is 144 g/mol. The van der Waals surface area contributed by atoms with Crippen molar-refractivity contribution in [3.8, 4) is 0 Å². The Hall–Kier alpha value is 0.400. The van der Waals surface area contributed by atoms with Crippen molar-refractivity contribution < 1.29 is 7.94 Å². The molecular weight excluding hydrogens is 136 g/mol. The van der Waals surface area contributed by atoms with Crippen molar-refractivity contribution in [2.75, 3.05) is 6.26 Å². The van der Waals surface area contributed by atoms with E-state index in [0.29, 0.717) is 0 Å². The number of hydrogen-bond donors (Lipinski definition) is 0. The molecule has 2 nitrogen and oxygen atoms in total. The second-order valence-corrected chi connectivity index (χ2v) is 1.77. The zero-order chi connectivity index (χ0) is 6.28. The second-order valence-electron chi connectivity index (χ2n) is 0.464. The van der Waals surface area contributed by atoms with Gasteiger partial charge in [0.1, 0.15) is 0 Å². The van der Waals surface area contributed by atoms with Crippen molar-refractivity contribution in [3.63, 3.8) is 0 Å². The van der Waals surface area contributed by atoms with Gasteiger partial charge in [-0.05, 0) is 0 Å². The smallest absolute Gasteiger partial charge is 0.169 e. The van der Waals surface area contributed by atoms with Gasteiger partial charge in [-0.2, -0.15) is 3.74 Å². The van der Waals surface area contributed by atoms with E-state index in [0.717, 1.165) is 0 Å². The molecule has 1 atom stereocenters. The van der Waals surface area contributed by atoms with Gasteiger partial charge in [-0.15, -0.1) is 0 Å². The summed E-state index contributed by atoms with van der Waals surface area (Å²) in [5.41, 5.74) is 0. The van der Waals surface area contributed by atoms with E-state index in [1.165, 1.54) is 6.26 Å². The van der Waals surface area contributed by atoms with Crippen LogP contribution in [-0.2, 0) is 14.8 Å². The molecule has 46 valence electrons. The molecule has 0 heterocycles. The van der Waals surface area contributed by atoms with Crippen LogP contribution in [0.25, 0.3) is 0 Å². The van der Waals surface area contributed by atoms with Crippen molar-refractivity contribution in [2.24, 2.45) is 0 Å². The fourth-order valence-electron chi connectivity index (χ4n) is 0. The molecule has 0 fully saturated rings. The zero-order valence-corrected chi connectivity index (χ0v) is 6.18. The maximum absolute atomic E-state index is 9.57. The van der Waals surface area contributed by atoms with Crippen LogP contribution >= 0.6 is 11.9 Å². The van der Waals surface area contributed by atoms with Crippen molar-refractivity contribution in [1.82, 2.24) is 0 Å². The van der Waals surface area contributed by atoms with Gasteiger partial charge in [-0.25, -0.2) is 4.21 Å². The van der Waals surface area contributed by atoms with E-state index < -0.39 is 11.1 Å². The van der Waals surface area contributed by atoms with E-state index in [9.17, 15) is 4.21 Å². The molecule has 7 heavy (non-hydrogen) atoms. The Bertz CT molecular complexity index is 48.2. The maximum atomic E-state index is 9.57. The Morgan fingerprint density at radius 2 is 1.71 bits per heavy atom. The highest BCUT2D eigenvalue weighted by molar-refractivity contribution is 7.80. The molecule has 0 aliphatic rings. The Morgan fingerprint density at radius 1 is 1.57 bits per heavy atom. The summed E-state index contributed by atoms with van der Waals surface area (Å²) in [5, 5.41) is 0. The highest BCUT2D eigenvalue weighted by atomic mass is 35.5. The number of hydrogen-bond acceptors (Lipinski definition) is 2. The molecule has 0 aromatic rings. The number of halogens is 1. The molecule has 0 aromatic carbocycles. The summed E-state index contributed by atoms with van der Waals surface area (Å²) in [6, 6.07) is 0. The molecular formula is C3H9ClO2S. The largest absolute Gasteiger partial charge is 0.229 e. The maximum Gasteiger partial charge on any atom is 0.169 e. The van der Waals surface area contributed by atoms with Crippen molar-refractivity contribution >= 4 is 22.9 Å². The first-order valence-corrected chi connectivity index (χ1v) is 3.69.